The highest BCUT2D eigenvalue weighted by atomic mass is 16.6. The summed E-state index contributed by atoms with van der Waals surface area (Å²) in [4.78, 5) is 15.8. The lowest BCUT2D eigenvalue weighted by molar-refractivity contribution is -0.0368. The number of hydrogen-bond donors (Lipinski definition) is 0. The quantitative estimate of drug-likeness (QED) is 0.552. The third-order valence-corrected chi connectivity index (χ3v) is 8.35. The van der Waals surface area contributed by atoms with E-state index in [1.54, 1.807) is 12.0 Å². The van der Waals surface area contributed by atoms with Crippen LogP contribution in [0, 0.1) is 29.1 Å². The summed E-state index contributed by atoms with van der Waals surface area (Å²) in [6, 6.07) is 16.4. The van der Waals surface area contributed by atoms with E-state index < -0.39 is 5.54 Å². The Bertz CT molecular complexity index is 1140. The van der Waals surface area contributed by atoms with Gasteiger partial charge in [-0.2, -0.15) is 5.26 Å². The van der Waals surface area contributed by atoms with Gasteiger partial charge in [0.15, 0.2) is 5.54 Å². The predicted molar refractivity (Wildman–Crippen MR) is 130 cm³/mol. The van der Waals surface area contributed by atoms with E-state index in [4.69, 9.17) is 9.47 Å². The van der Waals surface area contributed by atoms with Crippen molar-refractivity contribution in [2.45, 2.75) is 70.6 Å². The Balaban J connectivity index is 1.58. The Labute approximate surface area is 202 Å². The van der Waals surface area contributed by atoms with Gasteiger partial charge in [-0.15, -0.1) is 0 Å². The first-order valence-corrected chi connectivity index (χ1v) is 12.5. The second-order valence-corrected chi connectivity index (χ2v) is 10.7. The van der Waals surface area contributed by atoms with Crippen molar-refractivity contribution >= 4 is 6.09 Å². The number of benzene rings is 2. The van der Waals surface area contributed by atoms with Crippen molar-refractivity contribution in [3.05, 3.63) is 64.7 Å². The number of carbonyl (C=O) groups excluding carboxylic acids is 1. The summed E-state index contributed by atoms with van der Waals surface area (Å²) in [5, 5.41) is 10.7. The number of amides is 1. The fraction of sp³-hybridized carbons (Fsp3) is 0.517. The van der Waals surface area contributed by atoms with Crippen molar-refractivity contribution in [1.29, 1.82) is 5.26 Å². The molecule has 1 amide bonds. The molecule has 1 fully saturated rings. The van der Waals surface area contributed by atoms with Crippen LogP contribution in [0.3, 0.4) is 0 Å². The summed E-state index contributed by atoms with van der Waals surface area (Å²) in [5.41, 5.74) is 3.10. The Kier molecular flexibility index (Phi) is 5.80. The van der Waals surface area contributed by atoms with Crippen LogP contribution < -0.4 is 4.74 Å². The normalized spacial score (nSPS) is 29.6. The molecule has 0 aromatic heterocycles. The summed E-state index contributed by atoms with van der Waals surface area (Å²) in [6.07, 6.45) is 3.77. The van der Waals surface area contributed by atoms with E-state index in [0.717, 1.165) is 40.8 Å². The van der Waals surface area contributed by atoms with Gasteiger partial charge in [0.05, 0.1) is 19.2 Å². The first kappa shape index (κ1) is 22.8. The van der Waals surface area contributed by atoms with Crippen LogP contribution in [0.2, 0.25) is 0 Å². The van der Waals surface area contributed by atoms with Gasteiger partial charge >= 0.3 is 6.09 Å². The van der Waals surface area contributed by atoms with Crippen LogP contribution >= 0.6 is 0 Å². The van der Waals surface area contributed by atoms with Crippen molar-refractivity contribution < 1.29 is 14.3 Å². The standard InChI is InChI=1S/C29H34N2O3/c1-18(2)23-11-9-19(3)13-27(23)34-28(32)31-26-15-20-7-5-6-8-25(20)29(31,17-30)16-21-14-22(33-4)10-12-24(21)26/h5-8,10,12,14,18-19,23,26-27H,9,11,13,15-16H2,1-4H3/t19-,23+,26?,27-,29?/m1/s1. The minimum absolute atomic E-state index is 0.111. The van der Waals surface area contributed by atoms with E-state index in [1.165, 1.54) is 6.42 Å². The molecule has 0 spiro atoms. The maximum absolute atomic E-state index is 14.0. The van der Waals surface area contributed by atoms with E-state index in [0.29, 0.717) is 30.6 Å². The van der Waals surface area contributed by atoms with Gasteiger partial charge in [0, 0.05) is 6.42 Å². The molecule has 2 aliphatic heterocycles. The maximum atomic E-state index is 14.0. The molecule has 2 unspecified atom stereocenters. The number of carbonyl (C=O) groups is 1. The fourth-order valence-corrected chi connectivity index (χ4v) is 6.56. The van der Waals surface area contributed by atoms with Crippen molar-refractivity contribution in [1.82, 2.24) is 4.90 Å². The third kappa shape index (κ3) is 3.55. The molecule has 5 rings (SSSR count). The topological polar surface area (TPSA) is 62.6 Å². The average molecular weight is 459 g/mol. The highest BCUT2D eigenvalue weighted by Gasteiger charge is 2.55. The van der Waals surface area contributed by atoms with Crippen molar-refractivity contribution in [2.24, 2.45) is 17.8 Å². The second-order valence-electron chi connectivity index (χ2n) is 10.7. The Hall–Kier alpha value is -3.00. The van der Waals surface area contributed by atoms with Gasteiger partial charge in [0.2, 0.25) is 0 Å². The van der Waals surface area contributed by atoms with Gasteiger partial charge < -0.3 is 9.47 Å². The van der Waals surface area contributed by atoms with E-state index in [2.05, 4.69) is 32.9 Å². The molecular formula is C29H34N2O3. The number of hydrogen-bond acceptors (Lipinski definition) is 4. The number of ether oxygens (including phenoxy) is 2. The van der Waals surface area contributed by atoms with Gasteiger partial charge in [0.1, 0.15) is 11.9 Å². The van der Waals surface area contributed by atoms with Crippen LogP contribution in [0.1, 0.15) is 68.3 Å². The molecule has 34 heavy (non-hydrogen) atoms. The molecule has 5 atom stereocenters. The van der Waals surface area contributed by atoms with Crippen LogP contribution in [0.15, 0.2) is 42.5 Å². The smallest absolute Gasteiger partial charge is 0.412 e. The molecule has 0 N–H and O–H groups in total. The van der Waals surface area contributed by atoms with Gasteiger partial charge in [0.25, 0.3) is 0 Å². The number of fused-ring (bicyclic) bond motifs is 6. The lowest BCUT2D eigenvalue weighted by atomic mass is 9.69. The van der Waals surface area contributed by atoms with Crippen LogP contribution in [0.5, 0.6) is 5.75 Å². The van der Waals surface area contributed by atoms with Crippen molar-refractivity contribution in [3.63, 3.8) is 0 Å². The van der Waals surface area contributed by atoms with E-state index in [1.807, 2.05) is 36.4 Å². The number of nitriles is 1. The average Bonchev–Trinajstić information content (AvgIpc) is 2.83. The van der Waals surface area contributed by atoms with E-state index in [-0.39, 0.29) is 18.2 Å². The molecule has 178 valence electrons. The minimum atomic E-state index is -1.09. The Morgan fingerprint density at radius 1 is 1.18 bits per heavy atom. The lowest BCUT2D eigenvalue weighted by Crippen LogP contribution is -2.58. The van der Waals surface area contributed by atoms with Gasteiger partial charge in [-0.05, 0) is 71.4 Å². The summed E-state index contributed by atoms with van der Waals surface area (Å²) in [5.74, 6) is 2.11. The highest BCUT2D eigenvalue weighted by molar-refractivity contribution is 5.74. The Morgan fingerprint density at radius 2 is 1.97 bits per heavy atom. The predicted octanol–water partition coefficient (Wildman–Crippen LogP) is 6.17. The molecular weight excluding hydrogens is 424 g/mol. The number of methoxy groups -OCH3 is 1. The molecule has 1 saturated carbocycles. The van der Waals surface area contributed by atoms with E-state index >= 15 is 0 Å². The first-order chi connectivity index (χ1) is 16.4. The molecule has 0 radical (unpaired) electrons. The zero-order chi connectivity index (χ0) is 24.0. The molecule has 3 aliphatic rings. The van der Waals surface area contributed by atoms with Crippen molar-refractivity contribution in [3.8, 4) is 11.8 Å². The first-order valence-electron chi connectivity index (χ1n) is 12.5. The Morgan fingerprint density at radius 3 is 2.71 bits per heavy atom. The van der Waals surface area contributed by atoms with Crippen molar-refractivity contribution in [2.75, 3.05) is 7.11 Å². The largest absolute Gasteiger partial charge is 0.497 e. The summed E-state index contributed by atoms with van der Waals surface area (Å²) >= 11 is 0. The van der Waals surface area contributed by atoms with Crippen LogP contribution in [-0.2, 0) is 23.1 Å². The molecule has 2 heterocycles. The van der Waals surface area contributed by atoms with Gasteiger partial charge in [-0.25, -0.2) is 4.79 Å². The number of rotatable bonds is 3. The van der Waals surface area contributed by atoms with E-state index in [9.17, 15) is 10.1 Å². The van der Waals surface area contributed by atoms with Crippen LogP contribution in [0.4, 0.5) is 4.79 Å². The highest BCUT2D eigenvalue weighted by Crippen LogP contribution is 2.52. The maximum Gasteiger partial charge on any atom is 0.412 e. The monoisotopic (exact) mass is 458 g/mol. The van der Waals surface area contributed by atoms with Gasteiger partial charge in [-0.3, -0.25) is 4.90 Å². The third-order valence-electron chi connectivity index (χ3n) is 8.35. The fourth-order valence-electron chi connectivity index (χ4n) is 6.56. The number of nitrogens with zero attached hydrogens (tertiary/aromatic N) is 2. The lowest BCUT2D eigenvalue weighted by Gasteiger charge is -2.52. The van der Waals surface area contributed by atoms with Crippen LogP contribution in [0.25, 0.3) is 0 Å². The summed E-state index contributed by atoms with van der Waals surface area (Å²) < 4.78 is 11.8. The molecule has 1 aliphatic carbocycles. The molecule has 2 aromatic carbocycles. The SMILES string of the molecule is COc1ccc2c(c1)CC1(C#N)c3ccccc3CC2N1C(=O)O[C@@H]1C[C@H](C)CC[C@H]1C(C)C. The summed E-state index contributed by atoms with van der Waals surface area (Å²) in [6.45, 7) is 6.67. The molecule has 2 aromatic rings. The van der Waals surface area contributed by atoms with Crippen LogP contribution in [-0.4, -0.2) is 24.2 Å². The molecule has 2 bridgehead atoms. The zero-order valence-electron chi connectivity index (χ0n) is 20.6. The zero-order valence-corrected chi connectivity index (χ0v) is 20.6. The summed E-state index contributed by atoms with van der Waals surface area (Å²) in [7, 11) is 1.65. The molecule has 5 nitrogen and oxygen atoms in total. The van der Waals surface area contributed by atoms with Gasteiger partial charge in [-0.1, -0.05) is 57.5 Å². The molecule has 5 heteroatoms. The molecule has 0 saturated heterocycles. The second kappa shape index (κ2) is 8.65. The minimum Gasteiger partial charge on any atom is -0.497 e.